The van der Waals surface area contributed by atoms with Crippen LogP contribution >= 0.6 is 11.8 Å². The molecule has 2 aliphatic heterocycles. The SMILES string of the molecule is CC(C)C1(C(=O)O)CCN(C(=O)C2CSCN2C(=O)C2CCCC2)C1. The molecule has 0 aromatic carbocycles. The Labute approximate surface area is 153 Å². The lowest BCUT2D eigenvalue weighted by Gasteiger charge is -2.31. The van der Waals surface area contributed by atoms with E-state index in [9.17, 15) is 19.5 Å². The lowest BCUT2D eigenvalue weighted by molar-refractivity contribution is -0.152. The Hall–Kier alpha value is -1.24. The standard InChI is InChI=1S/C18H28N2O4S/c1-12(2)18(17(23)24)7-8-19(10-18)16(22)14-9-25-11-20(14)15(21)13-5-3-4-6-13/h12-14H,3-11H2,1-2H3,(H,23,24). The minimum absolute atomic E-state index is 0.0306. The van der Waals surface area contributed by atoms with Crippen LogP contribution in [0, 0.1) is 17.3 Å². The first-order chi connectivity index (χ1) is 11.9. The summed E-state index contributed by atoms with van der Waals surface area (Å²) in [6, 6.07) is -0.421. The molecule has 0 aromatic rings. The second-order valence-electron chi connectivity index (χ2n) is 7.93. The van der Waals surface area contributed by atoms with E-state index >= 15 is 0 Å². The van der Waals surface area contributed by atoms with Crippen LogP contribution in [0.1, 0.15) is 46.0 Å². The van der Waals surface area contributed by atoms with Crippen LogP contribution in [0.2, 0.25) is 0 Å². The Morgan fingerprint density at radius 3 is 2.40 bits per heavy atom. The number of carboxylic acid groups (broad SMARTS) is 1. The lowest BCUT2D eigenvalue weighted by atomic mass is 9.76. The van der Waals surface area contributed by atoms with Crippen molar-refractivity contribution in [3.05, 3.63) is 0 Å². The monoisotopic (exact) mass is 368 g/mol. The number of carboxylic acids is 1. The number of amides is 2. The zero-order valence-electron chi connectivity index (χ0n) is 15.1. The summed E-state index contributed by atoms with van der Waals surface area (Å²) in [5.41, 5.74) is -0.859. The molecule has 0 spiro atoms. The second-order valence-corrected chi connectivity index (χ2v) is 8.93. The van der Waals surface area contributed by atoms with Gasteiger partial charge < -0.3 is 14.9 Å². The van der Waals surface area contributed by atoms with Crippen molar-refractivity contribution in [3.8, 4) is 0 Å². The highest BCUT2D eigenvalue weighted by Gasteiger charge is 2.50. The highest BCUT2D eigenvalue weighted by Crippen LogP contribution is 2.39. The van der Waals surface area contributed by atoms with E-state index in [0.29, 0.717) is 24.6 Å². The van der Waals surface area contributed by atoms with Gasteiger partial charge in [-0.1, -0.05) is 26.7 Å². The Kier molecular flexibility index (Phi) is 5.32. The van der Waals surface area contributed by atoms with Crippen molar-refractivity contribution >= 4 is 29.5 Å². The quantitative estimate of drug-likeness (QED) is 0.822. The van der Waals surface area contributed by atoms with Crippen LogP contribution in [0.5, 0.6) is 0 Å². The Morgan fingerprint density at radius 2 is 1.84 bits per heavy atom. The van der Waals surface area contributed by atoms with E-state index in [-0.39, 0.29) is 30.2 Å². The number of carbonyl (C=O) groups is 3. The predicted octanol–water partition coefficient (Wildman–Crippen LogP) is 2.04. The third-order valence-corrected chi connectivity index (χ3v) is 7.31. The summed E-state index contributed by atoms with van der Waals surface area (Å²) in [6.45, 7) is 4.54. The summed E-state index contributed by atoms with van der Waals surface area (Å²) in [5.74, 6) is 0.466. The maximum Gasteiger partial charge on any atom is 0.311 e. The normalized spacial score (nSPS) is 30.4. The van der Waals surface area contributed by atoms with Gasteiger partial charge in [0, 0.05) is 24.8 Å². The molecule has 2 atom stereocenters. The first-order valence-corrected chi connectivity index (χ1v) is 10.4. The molecule has 6 nitrogen and oxygen atoms in total. The maximum absolute atomic E-state index is 13.0. The number of carbonyl (C=O) groups excluding carboxylic acids is 2. The Morgan fingerprint density at radius 1 is 1.16 bits per heavy atom. The number of thioether (sulfide) groups is 1. The van der Waals surface area contributed by atoms with Gasteiger partial charge in [0.2, 0.25) is 11.8 Å². The molecule has 2 heterocycles. The maximum atomic E-state index is 13.0. The van der Waals surface area contributed by atoms with E-state index < -0.39 is 17.4 Å². The predicted molar refractivity (Wildman–Crippen MR) is 96.0 cm³/mol. The minimum Gasteiger partial charge on any atom is -0.481 e. The van der Waals surface area contributed by atoms with Crippen molar-refractivity contribution in [3.63, 3.8) is 0 Å². The molecule has 1 aliphatic carbocycles. The van der Waals surface area contributed by atoms with Crippen molar-refractivity contribution in [1.29, 1.82) is 0 Å². The average Bonchev–Trinajstić information content (AvgIpc) is 3.33. The van der Waals surface area contributed by atoms with Gasteiger partial charge in [-0.15, -0.1) is 11.8 Å². The van der Waals surface area contributed by atoms with Gasteiger partial charge in [0.1, 0.15) is 6.04 Å². The molecule has 0 bridgehead atoms. The zero-order valence-corrected chi connectivity index (χ0v) is 15.9. The molecule has 0 radical (unpaired) electrons. The molecule has 3 aliphatic rings. The average molecular weight is 368 g/mol. The van der Waals surface area contributed by atoms with Crippen LogP contribution in [-0.2, 0) is 14.4 Å². The number of hydrogen-bond acceptors (Lipinski definition) is 4. The molecule has 2 saturated heterocycles. The third kappa shape index (κ3) is 3.27. The number of aliphatic carboxylic acids is 1. The second kappa shape index (κ2) is 7.17. The lowest BCUT2D eigenvalue weighted by Crippen LogP contribution is -2.50. The fourth-order valence-corrected chi connectivity index (χ4v) is 5.55. The smallest absolute Gasteiger partial charge is 0.311 e. The van der Waals surface area contributed by atoms with E-state index in [1.165, 1.54) is 0 Å². The number of nitrogens with zero attached hydrogens (tertiary/aromatic N) is 2. The van der Waals surface area contributed by atoms with E-state index in [4.69, 9.17) is 0 Å². The number of likely N-dealkylation sites (tertiary alicyclic amines) is 1. The van der Waals surface area contributed by atoms with Gasteiger partial charge in [-0.25, -0.2) is 0 Å². The van der Waals surface area contributed by atoms with E-state index in [2.05, 4.69) is 0 Å². The van der Waals surface area contributed by atoms with Crippen LogP contribution in [0.15, 0.2) is 0 Å². The molecule has 1 saturated carbocycles. The Bertz CT molecular complexity index is 561. The first kappa shape index (κ1) is 18.5. The van der Waals surface area contributed by atoms with Gasteiger partial charge >= 0.3 is 5.97 Å². The molecule has 0 aromatic heterocycles. The summed E-state index contributed by atoms with van der Waals surface area (Å²) in [7, 11) is 0. The largest absolute Gasteiger partial charge is 0.481 e. The highest BCUT2D eigenvalue weighted by atomic mass is 32.2. The molecule has 7 heteroatoms. The Balaban J connectivity index is 1.70. The molecular formula is C18H28N2O4S. The van der Waals surface area contributed by atoms with Crippen LogP contribution in [0.3, 0.4) is 0 Å². The molecule has 1 N–H and O–H groups in total. The third-order valence-electron chi connectivity index (χ3n) is 6.30. The minimum atomic E-state index is -0.859. The van der Waals surface area contributed by atoms with E-state index in [0.717, 1.165) is 25.7 Å². The summed E-state index contributed by atoms with van der Waals surface area (Å²) in [6.07, 6.45) is 4.54. The number of hydrogen-bond donors (Lipinski definition) is 1. The topological polar surface area (TPSA) is 77.9 Å². The van der Waals surface area contributed by atoms with Crippen LogP contribution in [-0.4, -0.2) is 63.5 Å². The van der Waals surface area contributed by atoms with Gasteiger partial charge in [0.15, 0.2) is 0 Å². The summed E-state index contributed by atoms with van der Waals surface area (Å²) >= 11 is 1.62. The van der Waals surface area contributed by atoms with Gasteiger partial charge in [-0.2, -0.15) is 0 Å². The van der Waals surface area contributed by atoms with Crippen LogP contribution < -0.4 is 0 Å². The molecule has 2 amide bonds. The van der Waals surface area contributed by atoms with Crippen molar-refractivity contribution in [2.45, 2.75) is 52.0 Å². The number of rotatable bonds is 4. The fraction of sp³-hybridized carbons (Fsp3) is 0.833. The van der Waals surface area contributed by atoms with Crippen molar-refractivity contribution in [2.75, 3.05) is 24.7 Å². The van der Waals surface area contributed by atoms with E-state index in [1.807, 2.05) is 13.8 Å². The van der Waals surface area contributed by atoms with Gasteiger partial charge in [-0.3, -0.25) is 14.4 Å². The van der Waals surface area contributed by atoms with Gasteiger partial charge in [-0.05, 0) is 25.2 Å². The van der Waals surface area contributed by atoms with Crippen LogP contribution in [0.4, 0.5) is 0 Å². The first-order valence-electron chi connectivity index (χ1n) is 9.27. The van der Waals surface area contributed by atoms with Gasteiger partial charge in [0.25, 0.3) is 0 Å². The molecule has 140 valence electrons. The molecule has 3 fully saturated rings. The highest BCUT2D eigenvalue weighted by molar-refractivity contribution is 7.99. The van der Waals surface area contributed by atoms with Crippen molar-refractivity contribution in [1.82, 2.24) is 9.80 Å². The summed E-state index contributed by atoms with van der Waals surface area (Å²) in [5, 5.41) is 9.68. The molecule has 25 heavy (non-hydrogen) atoms. The zero-order chi connectivity index (χ0) is 18.2. The van der Waals surface area contributed by atoms with Gasteiger partial charge in [0.05, 0.1) is 11.3 Å². The van der Waals surface area contributed by atoms with Crippen LogP contribution in [0.25, 0.3) is 0 Å². The molecular weight excluding hydrogens is 340 g/mol. The summed E-state index contributed by atoms with van der Waals surface area (Å²) < 4.78 is 0. The molecule has 2 unspecified atom stereocenters. The van der Waals surface area contributed by atoms with Crippen molar-refractivity contribution < 1.29 is 19.5 Å². The van der Waals surface area contributed by atoms with Crippen molar-refractivity contribution in [2.24, 2.45) is 17.3 Å². The van der Waals surface area contributed by atoms with E-state index in [1.54, 1.807) is 21.6 Å². The molecule has 3 rings (SSSR count). The fourth-order valence-electron chi connectivity index (χ4n) is 4.40. The summed E-state index contributed by atoms with van der Waals surface area (Å²) in [4.78, 5) is 41.0.